The lowest BCUT2D eigenvalue weighted by Gasteiger charge is -2.24. The van der Waals surface area contributed by atoms with Crippen molar-refractivity contribution < 1.29 is 18.3 Å². The number of aliphatic carboxylic acids is 1. The summed E-state index contributed by atoms with van der Waals surface area (Å²) in [6, 6.07) is 0. The molecule has 1 rings (SSSR count). The van der Waals surface area contributed by atoms with Crippen molar-refractivity contribution in [2.75, 3.05) is 0 Å². The van der Waals surface area contributed by atoms with Crippen LogP contribution in [0.25, 0.3) is 0 Å². The third kappa shape index (κ3) is 4.35. The smallest absolute Gasteiger partial charge is 0.303 e. The highest BCUT2D eigenvalue weighted by Crippen LogP contribution is 2.21. The molecule has 1 aromatic heterocycles. The summed E-state index contributed by atoms with van der Waals surface area (Å²) >= 11 is 1.08. The Kier molecular flexibility index (Phi) is 4.46. The Morgan fingerprint density at radius 3 is 2.61 bits per heavy atom. The van der Waals surface area contributed by atoms with E-state index in [9.17, 15) is 13.2 Å². The molecule has 18 heavy (non-hydrogen) atoms. The molecule has 0 aliphatic heterocycles. The van der Waals surface area contributed by atoms with Crippen molar-refractivity contribution in [2.45, 2.75) is 43.4 Å². The molecule has 0 spiro atoms. The summed E-state index contributed by atoms with van der Waals surface area (Å²) in [7, 11) is -3.63. The molecule has 0 bridgehead atoms. The number of carbonyl (C=O) groups is 1. The average molecular weight is 292 g/mol. The predicted octanol–water partition coefficient (Wildman–Crippen LogP) is 1.37. The molecule has 0 fully saturated rings. The first-order chi connectivity index (χ1) is 8.12. The van der Waals surface area contributed by atoms with E-state index in [0.717, 1.165) is 11.3 Å². The second-order valence-electron chi connectivity index (χ2n) is 4.58. The molecule has 8 heteroatoms. The van der Waals surface area contributed by atoms with E-state index < -0.39 is 21.5 Å². The van der Waals surface area contributed by atoms with E-state index in [4.69, 9.17) is 5.11 Å². The number of nitrogens with one attached hydrogen (secondary N) is 1. The molecule has 0 aliphatic carbocycles. The van der Waals surface area contributed by atoms with E-state index in [1.807, 2.05) is 0 Å². The van der Waals surface area contributed by atoms with E-state index in [2.05, 4.69) is 9.71 Å². The zero-order valence-electron chi connectivity index (χ0n) is 10.4. The Morgan fingerprint density at radius 2 is 2.17 bits per heavy atom. The van der Waals surface area contributed by atoms with Gasteiger partial charge in [0.05, 0.1) is 11.2 Å². The van der Waals surface area contributed by atoms with Crippen molar-refractivity contribution in [2.24, 2.45) is 0 Å². The lowest BCUT2D eigenvalue weighted by Crippen LogP contribution is -2.43. The molecule has 0 saturated carbocycles. The highest BCUT2D eigenvalue weighted by atomic mass is 32.2. The SMILES string of the molecule is Cc1ncc(S(=O)(=O)NC(C)(C)CCC(=O)O)s1. The molecule has 0 atom stereocenters. The van der Waals surface area contributed by atoms with Crippen LogP contribution >= 0.6 is 11.3 Å². The zero-order valence-corrected chi connectivity index (χ0v) is 12.1. The second kappa shape index (κ2) is 5.33. The maximum atomic E-state index is 12.0. The van der Waals surface area contributed by atoms with E-state index >= 15 is 0 Å². The number of sulfonamides is 1. The third-order valence-corrected chi connectivity index (χ3v) is 5.31. The first kappa shape index (κ1) is 15.1. The summed E-state index contributed by atoms with van der Waals surface area (Å²) in [5.41, 5.74) is -0.810. The van der Waals surface area contributed by atoms with Crippen LogP contribution in [0.3, 0.4) is 0 Å². The quantitative estimate of drug-likeness (QED) is 0.825. The lowest BCUT2D eigenvalue weighted by molar-refractivity contribution is -0.137. The summed E-state index contributed by atoms with van der Waals surface area (Å²) in [5, 5.41) is 9.28. The van der Waals surface area contributed by atoms with Gasteiger partial charge in [-0.25, -0.2) is 18.1 Å². The molecule has 102 valence electrons. The minimum Gasteiger partial charge on any atom is -0.481 e. The van der Waals surface area contributed by atoms with Gasteiger partial charge in [0, 0.05) is 12.0 Å². The van der Waals surface area contributed by atoms with Gasteiger partial charge in [-0.15, -0.1) is 11.3 Å². The van der Waals surface area contributed by atoms with Gasteiger partial charge in [-0.3, -0.25) is 4.79 Å². The Hall–Kier alpha value is -0.990. The first-order valence-electron chi connectivity index (χ1n) is 5.31. The fraction of sp³-hybridized carbons (Fsp3) is 0.600. The molecule has 0 unspecified atom stereocenters. The number of rotatable bonds is 6. The van der Waals surface area contributed by atoms with Gasteiger partial charge >= 0.3 is 5.97 Å². The molecular formula is C10H16N2O4S2. The fourth-order valence-corrected chi connectivity index (χ4v) is 3.90. The van der Waals surface area contributed by atoms with Gasteiger partial charge in [-0.2, -0.15) is 0 Å². The van der Waals surface area contributed by atoms with Crippen molar-refractivity contribution in [3.63, 3.8) is 0 Å². The Bertz CT molecular complexity index is 534. The molecule has 0 aromatic carbocycles. The van der Waals surface area contributed by atoms with Gasteiger partial charge < -0.3 is 5.11 Å². The van der Waals surface area contributed by atoms with Crippen molar-refractivity contribution in [3.05, 3.63) is 11.2 Å². The largest absolute Gasteiger partial charge is 0.481 e. The van der Waals surface area contributed by atoms with Crippen LogP contribution in [-0.4, -0.2) is 30.0 Å². The predicted molar refractivity (Wildman–Crippen MR) is 68.1 cm³/mol. The van der Waals surface area contributed by atoms with Crippen LogP contribution in [0.1, 0.15) is 31.7 Å². The maximum absolute atomic E-state index is 12.0. The third-order valence-electron chi connectivity index (χ3n) is 2.24. The topological polar surface area (TPSA) is 96.4 Å². The first-order valence-corrected chi connectivity index (χ1v) is 7.60. The molecule has 6 nitrogen and oxygen atoms in total. The van der Waals surface area contributed by atoms with Gasteiger partial charge in [-0.1, -0.05) is 0 Å². The van der Waals surface area contributed by atoms with Crippen molar-refractivity contribution in [3.8, 4) is 0 Å². The fourth-order valence-electron chi connectivity index (χ4n) is 1.35. The van der Waals surface area contributed by atoms with Gasteiger partial charge in [0.2, 0.25) is 0 Å². The van der Waals surface area contributed by atoms with Crippen molar-refractivity contribution >= 4 is 27.3 Å². The molecular weight excluding hydrogens is 276 g/mol. The van der Waals surface area contributed by atoms with E-state index in [1.54, 1.807) is 20.8 Å². The molecule has 1 aromatic rings. The summed E-state index contributed by atoms with van der Waals surface area (Å²) in [6.07, 6.45) is 1.44. The number of nitrogens with zero attached hydrogens (tertiary/aromatic N) is 1. The molecule has 0 saturated heterocycles. The highest BCUT2D eigenvalue weighted by Gasteiger charge is 2.27. The van der Waals surface area contributed by atoms with Crippen LogP contribution in [-0.2, 0) is 14.8 Å². The highest BCUT2D eigenvalue weighted by molar-refractivity contribution is 7.91. The van der Waals surface area contributed by atoms with Crippen molar-refractivity contribution in [1.82, 2.24) is 9.71 Å². The zero-order chi connectivity index (χ0) is 14.0. The van der Waals surface area contributed by atoms with Gasteiger partial charge in [0.15, 0.2) is 4.21 Å². The Morgan fingerprint density at radius 1 is 1.56 bits per heavy atom. The molecule has 0 radical (unpaired) electrons. The standard InChI is InChI=1S/C10H16N2O4S2/c1-7-11-6-9(17-7)18(15,16)12-10(2,3)5-4-8(13)14/h6,12H,4-5H2,1-3H3,(H,13,14). The van der Waals surface area contributed by atoms with Crippen LogP contribution in [0, 0.1) is 6.92 Å². The number of carboxylic acids is 1. The summed E-state index contributed by atoms with van der Waals surface area (Å²) in [4.78, 5) is 14.4. The summed E-state index contributed by atoms with van der Waals surface area (Å²) in [6.45, 7) is 5.03. The van der Waals surface area contributed by atoms with Gasteiger partial charge in [0.1, 0.15) is 0 Å². The van der Waals surface area contributed by atoms with Crippen molar-refractivity contribution in [1.29, 1.82) is 0 Å². The van der Waals surface area contributed by atoms with Crippen LogP contribution < -0.4 is 4.72 Å². The monoisotopic (exact) mass is 292 g/mol. The van der Waals surface area contributed by atoms with E-state index in [1.165, 1.54) is 6.20 Å². The molecule has 0 amide bonds. The van der Waals surface area contributed by atoms with E-state index in [0.29, 0.717) is 5.01 Å². The van der Waals surface area contributed by atoms with Crippen LogP contribution in [0.2, 0.25) is 0 Å². The molecule has 0 aliphatic rings. The number of hydrogen-bond acceptors (Lipinski definition) is 5. The normalized spacial score (nSPS) is 12.6. The second-order valence-corrected chi connectivity index (χ2v) is 7.73. The summed E-state index contributed by atoms with van der Waals surface area (Å²) < 4.78 is 26.7. The molecule has 2 N–H and O–H groups in total. The number of thiazole rings is 1. The Labute approximate surface area is 110 Å². The minimum atomic E-state index is -3.63. The van der Waals surface area contributed by atoms with E-state index in [-0.39, 0.29) is 17.1 Å². The molecule has 1 heterocycles. The van der Waals surface area contributed by atoms with Crippen LogP contribution in [0.15, 0.2) is 10.4 Å². The Balaban J connectivity index is 2.79. The summed E-state index contributed by atoms with van der Waals surface area (Å²) in [5.74, 6) is -0.948. The lowest BCUT2D eigenvalue weighted by atomic mass is 10.0. The van der Waals surface area contributed by atoms with Gasteiger partial charge in [0.25, 0.3) is 10.0 Å². The number of aromatic nitrogens is 1. The van der Waals surface area contributed by atoms with Gasteiger partial charge in [-0.05, 0) is 27.2 Å². The van der Waals surface area contributed by atoms with Crippen LogP contribution in [0.4, 0.5) is 0 Å². The van der Waals surface area contributed by atoms with Crippen LogP contribution in [0.5, 0.6) is 0 Å². The number of carboxylic acid groups (broad SMARTS) is 1. The minimum absolute atomic E-state index is 0.0861. The number of hydrogen-bond donors (Lipinski definition) is 2. The average Bonchev–Trinajstić information content (AvgIpc) is 2.61. The maximum Gasteiger partial charge on any atom is 0.303 e. The number of aryl methyl sites for hydroxylation is 1.